The highest BCUT2D eigenvalue weighted by Crippen LogP contribution is 2.26. The van der Waals surface area contributed by atoms with E-state index in [1.807, 2.05) is 18.2 Å². The quantitative estimate of drug-likeness (QED) is 0.740. The summed E-state index contributed by atoms with van der Waals surface area (Å²) in [6, 6.07) is 10.4. The van der Waals surface area contributed by atoms with Gasteiger partial charge in [-0.05, 0) is 19.4 Å². The molecule has 15 heavy (non-hydrogen) atoms. The highest BCUT2D eigenvalue weighted by molar-refractivity contribution is 5.21. The molecule has 0 saturated heterocycles. The van der Waals surface area contributed by atoms with E-state index in [9.17, 15) is 0 Å². The summed E-state index contributed by atoms with van der Waals surface area (Å²) in [7, 11) is 3.48. The van der Waals surface area contributed by atoms with Crippen LogP contribution in [0.1, 0.15) is 25.3 Å². The summed E-state index contributed by atoms with van der Waals surface area (Å²) in [6.45, 7) is 4.15. The molecule has 1 aromatic rings. The maximum atomic E-state index is 5.41. The van der Waals surface area contributed by atoms with E-state index >= 15 is 0 Å². The van der Waals surface area contributed by atoms with Gasteiger partial charge in [0.05, 0.1) is 12.2 Å². The lowest BCUT2D eigenvalue weighted by atomic mass is 9.89. The first-order chi connectivity index (χ1) is 7.20. The van der Waals surface area contributed by atoms with Crippen molar-refractivity contribution in [1.82, 2.24) is 0 Å². The topological polar surface area (TPSA) is 18.5 Å². The third kappa shape index (κ3) is 3.05. The van der Waals surface area contributed by atoms with Crippen molar-refractivity contribution in [2.75, 3.05) is 14.2 Å². The molecule has 1 rings (SSSR count). The predicted octanol–water partition coefficient (Wildman–Crippen LogP) is 2.84. The second-order valence-electron chi connectivity index (χ2n) is 3.82. The summed E-state index contributed by atoms with van der Waals surface area (Å²) >= 11 is 0. The molecule has 0 aliphatic rings. The van der Waals surface area contributed by atoms with Gasteiger partial charge in [0.1, 0.15) is 0 Å². The van der Waals surface area contributed by atoms with Crippen LogP contribution in [0.4, 0.5) is 0 Å². The van der Waals surface area contributed by atoms with E-state index in [4.69, 9.17) is 9.47 Å². The predicted molar refractivity (Wildman–Crippen MR) is 62.1 cm³/mol. The largest absolute Gasteiger partial charge is 0.381 e. The van der Waals surface area contributed by atoms with Gasteiger partial charge in [-0.2, -0.15) is 0 Å². The molecular weight excluding hydrogens is 188 g/mol. The van der Waals surface area contributed by atoms with Crippen LogP contribution in [0.15, 0.2) is 30.3 Å². The Balaban J connectivity index is 2.91. The van der Waals surface area contributed by atoms with Gasteiger partial charge < -0.3 is 9.47 Å². The summed E-state index contributed by atoms with van der Waals surface area (Å²) in [5, 5.41) is 0. The Hall–Kier alpha value is -0.860. The first kappa shape index (κ1) is 12.2. The molecule has 1 aromatic carbocycles. The molecule has 0 bridgehead atoms. The number of ether oxygens (including phenoxy) is 2. The fourth-order valence-electron chi connectivity index (χ4n) is 1.89. The Morgan fingerprint density at radius 1 is 0.867 bits per heavy atom. The molecule has 0 aliphatic heterocycles. The van der Waals surface area contributed by atoms with Crippen LogP contribution >= 0.6 is 0 Å². The van der Waals surface area contributed by atoms with Crippen LogP contribution in [0.2, 0.25) is 0 Å². The first-order valence-electron chi connectivity index (χ1n) is 5.31. The van der Waals surface area contributed by atoms with E-state index in [0.29, 0.717) is 0 Å². The number of hydrogen-bond donors (Lipinski definition) is 0. The third-order valence-electron chi connectivity index (χ3n) is 2.94. The smallest absolute Gasteiger partial charge is 0.0636 e. The monoisotopic (exact) mass is 208 g/mol. The van der Waals surface area contributed by atoms with Crippen LogP contribution < -0.4 is 0 Å². The maximum absolute atomic E-state index is 5.41. The fourth-order valence-corrected chi connectivity index (χ4v) is 1.89. The molecule has 0 aromatic heterocycles. The van der Waals surface area contributed by atoms with Gasteiger partial charge in [0, 0.05) is 20.1 Å². The minimum Gasteiger partial charge on any atom is -0.381 e. The Kier molecular flexibility index (Phi) is 4.79. The van der Waals surface area contributed by atoms with Crippen LogP contribution in [0.5, 0.6) is 0 Å². The average molecular weight is 208 g/mol. The lowest BCUT2D eigenvalue weighted by Crippen LogP contribution is -2.28. The number of hydrogen-bond acceptors (Lipinski definition) is 2. The Morgan fingerprint density at radius 3 is 1.73 bits per heavy atom. The van der Waals surface area contributed by atoms with E-state index in [1.54, 1.807) is 14.2 Å². The van der Waals surface area contributed by atoms with E-state index in [2.05, 4.69) is 26.0 Å². The summed E-state index contributed by atoms with van der Waals surface area (Å²) < 4.78 is 10.8. The van der Waals surface area contributed by atoms with Crippen molar-refractivity contribution in [3.63, 3.8) is 0 Å². The average Bonchev–Trinajstić information content (AvgIpc) is 2.30. The van der Waals surface area contributed by atoms with Gasteiger partial charge in [-0.25, -0.2) is 0 Å². The van der Waals surface area contributed by atoms with Gasteiger partial charge in [0.15, 0.2) is 0 Å². The SMILES string of the molecule is CO[C@@H](C)C(c1ccccc1)[C@H](C)OC. The number of rotatable bonds is 5. The molecule has 2 heteroatoms. The first-order valence-corrected chi connectivity index (χ1v) is 5.31. The molecule has 2 nitrogen and oxygen atoms in total. The van der Waals surface area contributed by atoms with E-state index in [1.165, 1.54) is 5.56 Å². The molecule has 0 N–H and O–H groups in total. The van der Waals surface area contributed by atoms with Crippen LogP contribution in [0, 0.1) is 0 Å². The lowest BCUT2D eigenvalue weighted by Gasteiger charge is -2.28. The Labute approximate surface area is 92.2 Å². The second-order valence-corrected chi connectivity index (χ2v) is 3.82. The molecule has 2 atom stereocenters. The van der Waals surface area contributed by atoms with Gasteiger partial charge in [-0.3, -0.25) is 0 Å². The minimum atomic E-state index is 0.155. The van der Waals surface area contributed by atoms with Crippen molar-refractivity contribution in [3.8, 4) is 0 Å². The molecule has 0 spiro atoms. The number of methoxy groups -OCH3 is 2. The summed E-state index contributed by atoms with van der Waals surface area (Å²) in [5.41, 5.74) is 1.27. The highest BCUT2D eigenvalue weighted by Gasteiger charge is 2.25. The second kappa shape index (κ2) is 5.89. The number of benzene rings is 1. The highest BCUT2D eigenvalue weighted by atomic mass is 16.5. The van der Waals surface area contributed by atoms with Gasteiger partial charge >= 0.3 is 0 Å². The third-order valence-corrected chi connectivity index (χ3v) is 2.94. The van der Waals surface area contributed by atoms with Crippen molar-refractivity contribution < 1.29 is 9.47 Å². The van der Waals surface area contributed by atoms with Gasteiger partial charge in [0.25, 0.3) is 0 Å². The lowest BCUT2D eigenvalue weighted by molar-refractivity contribution is 0.0167. The Morgan fingerprint density at radius 2 is 1.33 bits per heavy atom. The fraction of sp³-hybridized carbons (Fsp3) is 0.538. The van der Waals surface area contributed by atoms with E-state index in [0.717, 1.165) is 0 Å². The van der Waals surface area contributed by atoms with Crippen LogP contribution in [0.3, 0.4) is 0 Å². The molecular formula is C13H20O2. The van der Waals surface area contributed by atoms with Crippen LogP contribution in [-0.4, -0.2) is 26.4 Å². The van der Waals surface area contributed by atoms with Crippen molar-refractivity contribution in [2.24, 2.45) is 0 Å². The molecule has 0 fully saturated rings. The summed E-state index contributed by atoms with van der Waals surface area (Å²) in [6.07, 6.45) is 0.310. The standard InChI is InChI=1S/C13H20O2/c1-10(14-3)13(11(2)15-4)12-8-6-5-7-9-12/h5-11,13H,1-4H3/t10-,11-/m0/s1. The van der Waals surface area contributed by atoms with Crippen molar-refractivity contribution >= 4 is 0 Å². The van der Waals surface area contributed by atoms with Gasteiger partial charge in [-0.15, -0.1) is 0 Å². The zero-order chi connectivity index (χ0) is 11.3. The normalized spacial score (nSPS) is 15.3. The van der Waals surface area contributed by atoms with Crippen LogP contribution in [-0.2, 0) is 9.47 Å². The molecule has 0 unspecified atom stereocenters. The maximum Gasteiger partial charge on any atom is 0.0636 e. The minimum absolute atomic E-state index is 0.155. The zero-order valence-electron chi connectivity index (χ0n) is 9.94. The molecule has 0 heterocycles. The zero-order valence-corrected chi connectivity index (χ0v) is 9.94. The summed E-state index contributed by atoms with van der Waals surface area (Å²) in [4.78, 5) is 0. The van der Waals surface area contributed by atoms with Crippen molar-refractivity contribution in [1.29, 1.82) is 0 Å². The van der Waals surface area contributed by atoms with E-state index in [-0.39, 0.29) is 18.1 Å². The van der Waals surface area contributed by atoms with Crippen molar-refractivity contribution in [3.05, 3.63) is 35.9 Å². The summed E-state index contributed by atoms with van der Waals surface area (Å²) in [5.74, 6) is 0.279. The molecule has 0 amide bonds. The molecule has 0 saturated carbocycles. The van der Waals surface area contributed by atoms with Crippen LogP contribution in [0.25, 0.3) is 0 Å². The Bertz CT molecular complexity index is 261. The van der Waals surface area contributed by atoms with Crippen molar-refractivity contribution in [2.45, 2.75) is 32.0 Å². The van der Waals surface area contributed by atoms with E-state index < -0.39 is 0 Å². The van der Waals surface area contributed by atoms with Gasteiger partial charge in [-0.1, -0.05) is 30.3 Å². The van der Waals surface area contributed by atoms with Gasteiger partial charge in [0.2, 0.25) is 0 Å². The molecule has 0 aliphatic carbocycles. The molecule has 0 radical (unpaired) electrons. The molecule has 84 valence electrons.